The van der Waals surface area contributed by atoms with Crippen LogP contribution in [0.4, 0.5) is 4.79 Å². The summed E-state index contributed by atoms with van der Waals surface area (Å²) in [7, 11) is 5.28. The third-order valence-electron chi connectivity index (χ3n) is 9.31. The van der Waals surface area contributed by atoms with E-state index < -0.39 is 42.0 Å². The van der Waals surface area contributed by atoms with Crippen LogP contribution in [0.5, 0.6) is 0 Å². The lowest BCUT2D eigenvalue weighted by molar-refractivity contribution is -0.132. The maximum atomic E-state index is 13.4. The second-order valence-corrected chi connectivity index (χ2v) is 15.2. The first-order chi connectivity index (χ1) is 29.5. The minimum atomic E-state index is -0.905. The van der Waals surface area contributed by atoms with Crippen LogP contribution in [-0.4, -0.2) is 145 Å². The third-order valence-corrected chi connectivity index (χ3v) is 9.31. The smallest absolute Gasteiger partial charge is 0.246 e. The second-order valence-electron chi connectivity index (χ2n) is 15.2. The summed E-state index contributed by atoms with van der Waals surface area (Å²) in [6.07, 6.45) is 4.85. The molecule has 5 amide bonds. The molecule has 0 bridgehead atoms. The molecule has 0 aromatic heterocycles. The maximum Gasteiger partial charge on any atom is 0.246 e. The van der Waals surface area contributed by atoms with Crippen molar-refractivity contribution in [3.63, 3.8) is 0 Å². The van der Waals surface area contributed by atoms with Gasteiger partial charge in [0.25, 0.3) is 0 Å². The van der Waals surface area contributed by atoms with Gasteiger partial charge >= 0.3 is 0 Å². The van der Waals surface area contributed by atoms with E-state index in [0.717, 1.165) is 0 Å². The number of hydrogen-bond donors (Lipinski definition) is 5. The van der Waals surface area contributed by atoms with Gasteiger partial charge in [-0.1, -0.05) is 33.1 Å². The highest BCUT2D eigenvalue weighted by molar-refractivity contribution is 6.57. The maximum absolute atomic E-state index is 13.4. The van der Waals surface area contributed by atoms with Crippen LogP contribution in [0.2, 0.25) is 0 Å². The Labute approximate surface area is 364 Å². The van der Waals surface area contributed by atoms with Gasteiger partial charge in [-0.15, -0.1) is 0 Å². The van der Waals surface area contributed by atoms with Crippen LogP contribution in [-0.2, 0) is 57.3 Å². The van der Waals surface area contributed by atoms with Gasteiger partial charge in [0, 0.05) is 57.3 Å². The average Bonchev–Trinajstić information content (AvgIpc) is 3.20. The monoisotopic (exact) mass is 867 g/mol. The molecule has 3 unspecified atom stereocenters. The number of hydrogen-bond acceptors (Lipinski definition) is 13. The van der Waals surface area contributed by atoms with Crippen molar-refractivity contribution < 1.29 is 63.5 Å². The van der Waals surface area contributed by atoms with Crippen molar-refractivity contribution in [1.82, 2.24) is 26.6 Å². The molecule has 0 aromatic rings. The molecule has 346 valence electrons. The molecule has 5 N–H and O–H groups in total. The van der Waals surface area contributed by atoms with E-state index in [1.54, 1.807) is 13.8 Å². The van der Waals surface area contributed by atoms with E-state index in [1.165, 1.54) is 13.8 Å². The van der Waals surface area contributed by atoms with E-state index in [9.17, 15) is 43.2 Å². The fourth-order valence-electron chi connectivity index (χ4n) is 5.86. The van der Waals surface area contributed by atoms with Crippen molar-refractivity contribution >= 4 is 60.9 Å². The van der Waals surface area contributed by atoms with E-state index in [4.69, 9.17) is 28.2 Å². The molecule has 0 saturated heterocycles. The van der Waals surface area contributed by atoms with Crippen molar-refractivity contribution in [2.75, 3.05) is 72.5 Å². The number of carbonyl (C=O) groups excluding carboxylic acids is 9. The van der Waals surface area contributed by atoms with Crippen LogP contribution < -0.4 is 26.6 Å². The van der Waals surface area contributed by atoms with Gasteiger partial charge in [-0.05, 0) is 65.2 Å². The highest BCUT2D eigenvalue weighted by atomic mass is 16.5. The number of unbranched alkanes of at least 4 members (excludes halogenated alkanes) is 4. The number of ether oxygens (including phenoxy) is 4. The summed E-state index contributed by atoms with van der Waals surface area (Å²) in [6.45, 7) is 8.56. The number of Topliss-reactive ketones (excluding diaryl/α,β-unsaturated/α-hetero) is 4. The van der Waals surface area contributed by atoms with Gasteiger partial charge in [-0.25, -0.2) is 0 Å². The fourth-order valence-corrected chi connectivity index (χ4v) is 5.86. The second kappa shape index (κ2) is 37.7. The van der Waals surface area contributed by atoms with Crippen LogP contribution >= 0.6 is 0 Å². The molecule has 2 radical (unpaired) electrons. The van der Waals surface area contributed by atoms with E-state index >= 15 is 0 Å². The standard InChI is InChI=1S/C42H72BN5O13/c1-31(2)38(53)28-60-25-24-59-22-20-45-39(54)29-61-26-23-58-21-12-17-37(52)35(47-40(55)34(27-33(4)51)14-8-10-18-44-30-49)15-9-11-19-46-41(56)36(48-42(43)57)16-7-5-6-13-32(3)50/h30-31,34-36H,5-29H2,1-4H3,(H,44,49)(H,45,54)(H,46,56)(H,47,55)(H,48,57)/i30D. The predicted octanol–water partition coefficient (Wildman–Crippen LogP) is 1.81. The van der Waals surface area contributed by atoms with Crippen LogP contribution in [0.25, 0.3) is 0 Å². The van der Waals surface area contributed by atoms with Crippen LogP contribution in [0.15, 0.2) is 0 Å². The molecule has 0 aliphatic carbocycles. The van der Waals surface area contributed by atoms with Gasteiger partial charge < -0.3 is 55.1 Å². The van der Waals surface area contributed by atoms with Crippen LogP contribution in [0, 0.1) is 11.8 Å². The van der Waals surface area contributed by atoms with Gasteiger partial charge in [0.1, 0.15) is 32.2 Å². The van der Waals surface area contributed by atoms with E-state index in [-0.39, 0.29) is 120 Å². The molecule has 3 atom stereocenters. The molecule has 18 nitrogen and oxygen atoms in total. The Morgan fingerprint density at radius 2 is 1.21 bits per heavy atom. The number of rotatable bonds is 41. The lowest BCUT2D eigenvalue weighted by Crippen LogP contribution is -2.46. The predicted molar refractivity (Wildman–Crippen MR) is 228 cm³/mol. The van der Waals surface area contributed by atoms with Crippen molar-refractivity contribution in [2.45, 2.75) is 130 Å². The molecule has 0 aromatic carbocycles. The number of carbonyl (C=O) groups is 9. The highest BCUT2D eigenvalue weighted by Crippen LogP contribution is 2.16. The number of amides is 5. The minimum absolute atomic E-state index is 0.0204. The Balaban J connectivity index is 4.93. The number of ketones is 4. The van der Waals surface area contributed by atoms with Crippen molar-refractivity contribution in [3.8, 4) is 0 Å². The molecule has 0 aliphatic rings. The zero-order chi connectivity index (χ0) is 46.5. The van der Waals surface area contributed by atoms with Gasteiger partial charge in [0.15, 0.2) is 17.4 Å². The molecule has 0 rings (SSSR count). The first kappa shape index (κ1) is 55.0. The lowest BCUT2D eigenvalue weighted by Gasteiger charge is -2.22. The summed E-state index contributed by atoms with van der Waals surface area (Å²) in [6, 6.07) is -1.70. The molecular formula is C42H72BN5O13. The van der Waals surface area contributed by atoms with E-state index in [2.05, 4.69) is 26.6 Å². The molecule has 0 fully saturated rings. The lowest BCUT2D eigenvalue weighted by atomic mass is 9.94. The minimum Gasteiger partial charge on any atom is -0.379 e. The summed E-state index contributed by atoms with van der Waals surface area (Å²) in [5.74, 6) is -3.09. The third kappa shape index (κ3) is 34.2. The Hall–Kier alpha value is -4.07. The topological polar surface area (TPSA) is 251 Å². The largest absolute Gasteiger partial charge is 0.379 e. The summed E-state index contributed by atoms with van der Waals surface area (Å²) in [5, 5.41) is 13.1. The van der Waals surface area contributed by atoms with Crippen LogP contribution in [0.3, 0.4) is 0 Å². The van der Waals surface area contributed by atoms with Crippen molar-refractivity contribution in [1.29, 1.82) is 0 Å². The van der Waals surface area contributed by atoms with Crippen molar-refractivity contribution in [2.24, 2.45) is 11.8 Å². The molecule has 0 saturated carbocycles. The zero-order valence-electron chi connectivity index (χ0n) is 37.9. The molecule has 61 heavy (non-hydrogen) atoms. The Kier molecular flexibility index (Phi) is 33.9. The first-order valence-electron chi connectivity index (χ1n) is 22.0. The van der Waals surface area contributed by atoms with Gasteiger partial charge in [0.05, 0.1) is 39.1 Å². The fraction of sp³-hybridized carbons (Fsp3) is 0.786. The van der Waals surface area contributed by atoms with Crippen LogP contribution in [0.1, 0.15) is 119 Å². The molecule has 0 spiro atoms. The van der Waals surface area contributed by atoms with Gasteiger partial charge in [-0.2, -0.15) is 0 Å². The summed E-state index contributed by atoms with van der Waals surface area (Å²) in [5.41, 5.74) is 0. The Morgan fingerprint density at radius 1 is 0.590 bits per heavy atom. The SMILES string of the molecule is [2H]C(=O)NCCCCC(CC(C)=O)C(=O)NC(CCCCNC(=O)C(CCCCCC(C)=O)NC([B])=O)C(=O)CCCOCCOCC(=O)NCCOCCOCC(=O)C(C)C. The van der Waals surface area contributed by atoms with Gasteiger partial charge in [-0.3, -0.25) is 33.6 Å². The number of nitrogens with one attached hydrogen (secondary N) is 5. The Morgan fingerprint density at radius 3 is 1.87 bits per heavy atom. The quantitative estimate of drug-likeness (QED) is 0.0335. The molecule has 19 heteroatoms. The first-order valence-corrected chi connectivity index (χ1v) is 21.5. The van der Waals surface area contributed by atoms with E-state index in [0.29, 0.717) is 77.2 Å². The van der Waals surface area contributed by atoms with Gasteiger partial charge in [0.2, 0.25) is 32.0 Å². The average molecular weight is 867 g/mol. The molecular weight excluding hydrogens is 793 g/mol. The summed E-state index contributed by atoms with van der Waals surface area (Å²) < 4.78 is 28.5. The normalized spacial score (nSPS) is 12.7. The zero-order valence-corrected chi connectivity index (χ0v) is 36.9. The molecule has 0 aliphatic heterocycles. The Bertz CT molecular complexity index is 1370. The van der Waals surface area contributed by atoms with Crippen molar-refractivity contribution in [3.05, 3.63) is 0 Å². The summed E-state index contributed by atoms with van der Waals surface area (Å²) in [4.78, 5) is 109. The summed E-state index contributed by atoms with van der Waals surface area (Å²) >= 11 is 0. The van der Waals surface area contributed by atoms with E-state index in [1.807, 2.05) is 0 Å². The highest BCUT2D eigenvalue weighted by Gasteiger charge is 2.26. The molecule has 0 heterocycles.